The molecule has 0 saturated heterocycles. The van der Waals surface area contributed by atoms with Crippen molar-refractivity contribution in [2.75, 3.05) is 13.2 Å². The van der Waals surface area contributed by atoms with E-state index in [-0.39, 0.29) is 6.61 Å². The Labute approximate surface area is 84.1 Å². The van der Waals surface area contributed by atoms with Crippen LogP contribution in [0.25, 0.3) is 0 Å². The van der Waals surface area contributed by atoms with Crippen molar-refractivity contribution in [1.29, 1.82) is 0 Å². The Kier molecular flexibility index (Phi) is 4.93. The fourth-order valence-electron chi connectivity index (χ4n) is 1.35. The van der Waals surface area contributed by atoms with E-state index in [2.05, 4.69) is 6.92 Å². The number of aliphatic hydroxyl groups excluding tert-OH is 2. The topological polar surface area (TPSA) is 58.9 Å². The largest absolute Gasteiger partial charge is 0.493 e. The van der Waals surface area contributed by atoms with E-state index in [0.717, 1.165) is 12.8 Å². The van der Waals surface area contributed by atoms with E-state index in [4.69, 9.17) is 14.6 Å². The predicted octanol–water partition coefficient (Wildman–Crippen LogP) is 0.437. The molecule has 0 bridgehead atoms. The molecule has 0 aliphatic carbocycles. The van der Waals surface area contributed by atoms with Crippen LogP contribution in [-0.2, 0) is 9.47 Å². The smallest absolute Gasteiger partial charge is 0.150 e. The van der Waals surface area contributed by atoms with Crippen molar-refractivity contribution in [2.24, 2.45) is 0 Å². The van der Waals surface area contributed by atoms with Crippen LogP contribution in [0, 0.1) is 0 Å². The van der Waals surface area contributed by atoms with Gasteiger partial charge in [-0.1, -0.05) is 13.3 Å². The highest BCUT2D eigenvalue weighted by atomic mass is 16.6. The van der Waals surface area contributed by atoms with E-state index >= 15 is 0 Å². The number of aliphatic hydroxyl groups is 2. The molecule has 1 aliphatic heterocycles. The zero-order valence-corrected chi connectivity index (χ0v) is 8.43. The summed E-state index contributed by atoms with van der Waals surface area (Å²) >= 11 is 0. The van der Waals surface area contributed by atoms with E-state index in [1.807, 2.05) is 0 Å². The van der Waals surface area contributed by atoms with E-state index in [0.29, 0.717) is 6.61 Å². The molecule has 0 amide bonds. The number of ether oxygens (including phenoxy) is 2. The third-order valence-corrected chi connectivity index (χ3v) is 2.22. The van der Waals surface area contributed by atoms with Gasteiger partial charge in [-0.2, -0.15) is 0 Å². The lowest BCUT2D eigenvalue weighted by atomic mass is 10.1. The summed E-state index contributed by atoms with van der Waals surface area (Å²) in [5.74, 6) is 0. The highest BCUT2D eigenvalue weighted by molar-refractivity contribution is 4.97. The molecule has 0 saturated carbocycles. The SMILES string of the molecule is CCCCOC1C(O)C=COC1CO. The Hall–Kier alpha value is -0.580. The minimum Gasteiger partial charge on any atom is -0.493 e. The highest BCUT2D eigenvalue weighted by Crippen LogP contribution is 2.16. The summed E-state index contributed by atoms with van der Waals surface area (Å²) in [7, 11) is 0. The quantitative estimate of drug-likeness (QED) is 0.635. The van der Waals surface area contributed by atoms with E-state index < -0.39 is 18.3 Å². The fourth-order valence-corrected chi connectivity index (χ4v) is 1.35. The first-order valence-corrected chi connectivity index (χ1v) is 5.02. The van der Waals surface area contributed by atoms with Crippen molar-refractivity contribution < 1.29 is 19.7 Å². The fraction of sp³-hybridized carbons (Fsp3) is 0.800. The Morgan fingerprint density at radius 3 is 2.93 bits per heavy atom. The first-order chi connectivity index (χ1) is 6.79. The van der Waals surface area contributed by atoms with Gasteiger partial charge in [-0.3, -0.25) is 0 Å². The first-order valence-electron chi connectivity index (χ1n) is 5.02. The predicted molar refractivity (Wildman–Crippen MR) is 51.8 cm³/mol. The zero-order valence-electron chi connectivity index (χ0n) is 8.43. The molecule has 1 rings (SSSR count). The van der Waals surface area contributed by atoms with Crippen LogP contribution in [0.5, 0.6) is 0 Å². The average Bonchev–Trinajstić information content (AvgIpc) is 2.20. The van der Waals surface area contributed by atoms with Crippen LogP contribution in [0.2, 0.25) is 0 Å². The average molecular weight is 202 g/mol. The molecule has 82 valence electrons. The molecule has 0 fully saturated rings. The van der Waals surface area contributed by atoms with Crippen LogP contribution in [-0.4, -0.2) is 41.7 Å². The molecule has 1 aliphatic rings. The molecule has 4 heteroatoms. The lowest BCUT2D eigenvalue weighted by molar-refractivity contribution is -0.115. The minimum absolute atomic E-state index is 0.141. The maximum atomic E-state index is 9.57. The van der Waals surface area contributed by atoms with Crippen LogP contribution < -0.4 is 0 Å². The number of hydrogen-bond donors (Lipinski definition) is 2. The Morgan fingerprint density at radius 1 is 1.50 bits per heavy atom. The summed E-state index contributed by atoms with van der Waals surface area (Å²) in [6.07, 6.45) is 3.35. The summed E-state index contributed by atoms with van der Waals surface area (Å²) in [5, 5.41) is 18.6. The lowest BCUT2D eigenvalue weighted by Crippen LogP contribution is -2.44. The molecule has 0 aromatic heterocycles. The maximum absolute atomic E-state index is 9.57. The standard InChI is InChI=1S/C10H18O4/c1-2-3-5-14-10-8(12)4-6-13-9(10)7-11/h4,6,8-12H,2-3,5,7H2,1H3. The molecule has 3 unspecified atom stereocenters. The summed E-state index contributed by atoms with van der Waals surface area (Å²) in [6, 6.07) is 0. The van der Waals surface area contributed by atoms with Crippen LogP contribution in [0.4, 0.5) is 0 Å². The molecule has 4 nitrogen and oxygen atoms in total. The minimum atomic E-state index is -0.683. The van der Waals surface area contributed by atoms with E-state index in [9.17, 15) is 5.11 Å². The van der Waals surface area contributed by atoms with Crippen molar-refractivity contribution in [3.63, 3.8) is 0 Å². The molecular formula is C10H18O4. The highest BCUT2D eigenvalue weighted by Gasteiger charge is 2.31. The van der Waals surface area contributed by atoms with Gasteiger partial charge in [0, 0.05) is 6.61 Å². The monoisotopic (exact) mass is 202 g/mol. The molecule has 0 radical (unpaired) electrons. The van der Waals surface area contributed by atoms with Crippen LogP contribution >= 0.6 is 0 Å². The van der Waals surface area contributed by atoms with Gasteiger partial charge in [-0.15, -0.1) is 0 Å². The van der Waals surface area contributed by atoms with Crippen molar-refractivity contribution in [1.82, 2.24) is 0 Å². The Bertz CT molecular complexity index is 181. The molecule has 0 aromatic carbocycles. The van der Waals surface area contributed by atoms with Gasteiger partial charge < -0.3 is 19.7 Å². The van der Waals surface area contributed by atoms with Gasteiger partial charge in [0.25, 0.3) is 0 Å². The van der Waals surface area contributed by atoms with Crippen LogP contribution in [0.15, 0.2) is 12.3 Å². The van der Waals surface area contributed by atoms with Crippen molar-refractivity contribution in [2.45, 2.75) is 38.1 Å². The summed E-state index contributed by atoms with van der Waals surface area (Å²) in [4.78, 5) is 0. The number of unbranched alkanes of at least 4 members (excludes halogenated alkanes) is 1. The lowest BCUT2D eigenvalue weighted by Gasteiger charge is -2.31. The summed E-state index contributed by atoms with van der Waals surface area (Å²) in [5.41, 5.74) is 0. The van der Waals surface area contributed by atoms with Gasteiger partial charge in [-0.25, -0.2) is 0 Å². The normalized spacial score (nSPS) is 31.5. The van der Waals surface area contributed by atoms with E-state index in [1.165, 1.54) is 12.3 Å². The molecule has 14 heavy (non-hydrogen) atoms. The van der Waals surface area contributed by atoms with Crippen molar-refractivity contribution >= 4 is 0 Å². The maximum Gasteiger partial charge on any atom is 0.150 e. The number of rotatable bonds is 5. The molecule has 0 aromatic rings. The number of hydrogen-bond acceptors (Lipinski definition) is 4. The second kappa shape index (κ2) is 6.01. The van der Waals surface area contributed by atoms with E-state index in [1.54, 1.807) is 0 Å². The summed E-state index contributed by atoms with van der Waals surface area (Å²) in [6.45, 7) is 2.52. The summed E-state index contributed by atoms with van der Waals surface area (Å²) < 4.78 is 10.6. The third-order valence-electron chi connectivity index (χ3n) is 2.22. The molecule has 2 N–H and O–H groups in total. The van der Waals surface area contributed by atoms with Crippen molar-refractivity contribution in [3.8, 4) is 0 Å². The van der Waals surface area contributed by atoms with Gasteiger partial charge in [0.15, 0.2) is 0 Å². The Morgan fingerprint density at radius 2 is 2.29 bits per heavy atom. The van der Waals surface area contributed by atoms with Crippen molar-refractivity contribution in [3.05, 3.63) is 12.3 Å². The second-order valence-electron chi connectivity index (χ2n) is 3.37. The third kappa shape index (κ3) is 2.97. The molecule has 0 spiro atoms. The van der Waals surface area contributed by atoms with Crippen LogP contribution in [0.1, 0.15) is 19.8 Å². The van der Waals surface area contributed by atoms with Gasteiger partial charge in [0.2, 0.25) is 0 Å². The molecular weight excluding hydrogens is 184 g/mol. The van der Waals surface area contributed by atoms with Gasteiger partial charge in [-0.05, 0) is 12.5 Å². The van der Waals surface area contributed by atoms with Gasteiger partial charge >= 0.3 is 0 Å². The molecule has 1 heterocycles. The second-order valence-corrected chi connectivity index (χ2v) is 3.37. The first kappa shape index (κ1) is 11.5. The zero-order chi connectivity index (χ0) is 10.4. The van der Waals surface area contributed by atoms with Gasteiger partial charge in [0.1, 0.15) is 18.3 Å². The van der Waals surface area contributed by atoms with Crippen LogP contribution in [0.3, 0.4) is 0 Å². The van der Waals surface area contributed by atoms with Gasteiger partial charge in [0.05, 0.1) is 12.9 Å². The molecule has 3 atom stereocenters. The Balaban J connectivity index is 2.40.